The van der Waals surface area contributed by atoms with Crippen LogP contribution in [-0.2, 0) is 6.54 Å². The average molecular weight is 235 g/mol. The van der Waals surface area contributed by atoms with Gasteiger partial charge >= 0.3 is 0 Å². The van der Waals surface area contributed by atoms with Crippen LogP contribution in [0.15, 0.2) is 12.1 Å². The smallest absolute Gasteiger partial charge is 0.133 e. The quantitative estimate of drug-likeness (QED) is 0.824. The topological polar surface area (TPSA) is 42.2 Å². The SMILES string of the molecule is CCC(C)CN(CC)c1nc(C)ccc1CN. The lowest BCUT2D eigenvalue weighted by atomic mass is 10.1. The van der Waals surface area contributed by atoms with Crippen LogP contribution in [0.4, 0.5) is 5.82 Å². The fourth-order valence-corrected chi connectivity index (χ4v) is 1.88. The zero-order chi connectivity index (χ0) is 12.8. The summed E-state index contributed by atoms with van der Waals surface area (Å²) in [6.07, 6.45) is 1.19. The van der Waals surface area contributed by atoms with E-state index in [0.29, 0.717) is 12.5 Å². The molecular weight excluding hydrogens is 210 g/mol. The summed E-state index contributed by atoms with van der Waals surface area (Å²) in [5, 5.41) is 0. The Morgan fingerprint density at radius 3 is 2.59 bits per heavy atom. The zero-order valence-electron chi connectivity index (χ0n) is 11.5. The molecule has 1 aromatic heterocycles. The van der Waals surface area contributed by atoms with Crippen LogP contribution in [-0.4, -0.2) is 18.1 Å². The molecule has 1 atom stereocenters. The highest BCUT2D eigenvalue weighted by atomic mass is 15.2. The third kappa shape index (κ3) is 3.70. The number of aromatic nitrogens is 1. The summed E-state index contributed by atoms with van der Waals surface area (Å²) in [6.45, 7) is 11.3. The van der Waals surface area contributed by atoms with Gasteiger partial charge in [-0.05, 0) is 25.8 Å². The van der Waals surface area contributed by atoms with Crippen LogP contribution in [0.1, 0.15) is 38.4 Å². The van der Waals surface area contributed by atoms with Gasteiger partial charge < -0.3 is 10.6 Å². The van der Waals surface area contributed by atoms with Crippen molar-refractivity contribution in [1.29, 1.82) is 0 Å². The molecule has 0 amide bonds. The minimum Gasteiger partial charge on any atom is -0.356 e. The third-order valence-electron chi connectivity index (χ3n) is 3.23. The van der Waals surface area contributed by atoms with E-state index in [1.807, 2.05) is 13.0 Å². The van der Waals surface area contributed by atoms with Crippen LogP contribution in [0, 0.1) is 12.8 Å². The maximum absolute atomic E-state index is 5.79. The lowest BCUT2D eigenvalue weighted by Gasteiger charge is -2.27. The Bertz CT molecular complexity index is 349. The van der Waals surface area contributed by atoms with Crippen molar-refractivity contribution in [1.82, 2.24) is 4.98 Å². The summed E-state index contributed by atoms with van der Waals surface area (Å²) < 4.78 is 0. The van der Waals surface area contributed by atoms with E-state index in [1.165, 1.54) is 6.42 Å². The van der Waals surface area contributed by atoms with Gasteiger partial charge in [0.2, 0.25) is 0 Å². The van der Waals surface area contributed by atoms with Crippen molar-refractivity contribution in [3.05, 3.63) is 23.4 Å². The molecule has 17 heavy (non-hydrogen) atoms. The molecule has 0 bridgehead atoms. The average Bonchev–Trinajstić information content (AvgIpc) is 2.35. The van der Waals surface area contributed by atoms with Gasteiger partial charge in [-0.25, -0.2) is 4.98 Å². The van der Waals surface area contributed by atoms with E-state index in [9.17, 15) is 0 Å². The van der Waals surface area contributed by atoms with Gasteiger partial charge in [0.15, 0.2) is 0 Å². The van der Waals surface area contributed by atoms with E-state index in [-0.39, 0.29) is 0 Å². The summed E-state index contributed by atoms with van der Waals surface area (Å²) in [5.41, 5.74) is 7.98. The summed E-state index contributed by atoms with van der Waals surface area (Å²) in [6, 6.07) is 4.12. The number of aryl methyl sites for hydroxylation is 1. The van der Waals surface area contributed by atoms with Gasteiger partial charge in [0.1, 0.15) is 5.82 Å². The minimum atomic E-state index is 0.555. The Kier molecular flexibility index (Phi) is 5.42. The largest absolute Gasteiger partial charge is 0.356 e. The van der Waals surface area contributed by atoms with E-state index in [0.717, 1.165) is 30.2 Å². The van der Waals surface area contributed by atoms with Crippen molar-refractivity contribution in [2.45, 2.75) is 40.7 Å². The zero-order valence-corrected chi connectivity index (χ0v) is 11.5. The molecule has 0 aliphatic carbocycles. The van der Waals surface area contributed by atoms with Crippen molar-refractivity contribution in [3.8, 4) is 0 Å². The van der Waals surface area contributed by atoms with Crippen molar-refractivity contribution < 1.29 is 0 Å². The summed E-state index contributed by atoms with van der Waals surface area (Å²) >= 11 is 0. The summed E-state index contributed by atoms with van der Waals surface area (Å²) in [5.74, 6) is 1.75. The third-order valence-corrected chi connectivity index (χ3v) is 3.23. The van der Waals surface area contributed by atoms with E-state index in [1.54, 1.807) is 0 Å². The van der Waals surface area contributed by atoms with Gasteiger partial charge in [-0.3, -0.25) is 0 Å². The first-order chi connectivity index (χ1) is 8.12. The first-order valence-corrected chi connectivity index (χ1v) is 6.53. The Morgan fingerprint density at radius 2 is 2.06 bits per heavy atom. The minimum absolute atomic E-state index is 0.555. The van der Waals surface area contributed by atoms with Gasteiger partial charge in [-0.2, -0.15) is 0 Å². The maximum Gasteiger partial charge on any atom is 0.133 e. The van der Waals surface area contributed by atoms with E-state index in [2.05, 4.69) is 36.7 Å². The molecule has 0 saturated heterocycles. The molecule has 1 heterocycles. The van der Waals surface area contributed by atoms with Gasteiger partial charge in [0, 0.05) is 30.9 Å². The fourth-order valence-electron chi connectivity index (χ4n) is 1.88. The number of hydrogen-bond donors (Lipinski definition) is 1. The van der Waals surface area contributed by atoms with Crippen LogP contribution >= 0.6 is 0 Å². The molecule has 0 fully saturated rings. The highest BCUT2D eigenvalue weighted by molar-refractivity contribution is 5.47. The number of nitrogens with zero attached hydrogens (tertiary/aromatic N) is 2. The Labute approximate surface area is 105 Å². The lowest BCUT2D eigenvalue weighted by Crippen LogP contribution is -2.30. The molecule has 0 spiro atoms. The first-order valence-electron chi connectivity index (χ1n) is 6.53. The van der Waals surface area contributed by atoms with Crippen LogP contribution in [0.25, 0.3) is 0 Å². The van der Waals surface area contributed by atoms with E-state index in [4.69, 9.17) is 5.73 Å². The normalized spacial score (nSPS) is 12.5. The molecule has 3 nitrogen and oxygen atoms in total. The molecule has 0 saturated carbocycles. The van der Waals surface area contributed by atoms with E-state index >= 15 is 0 Å². The molecule has 96 valence electrons. The monoisotopic (exact) mass is 235 g/mol. The van der Waals surface area contributed by atoms with Gasteiger partial charge in [0.25, 0.3) is 0 Å². The number of nitrogens with two attached hydrogens (primary N) is 1. The second kappa shape index (κ2) is 6.60. The second-order valence-corrected chi connectivity index (χ2v) is 4.69. The molecule has 2 N–H and O–H groups in total. The van der Waals surface area contributed by atoms with Crippen molar-refractivity contribution >= 4 is 5.82 Å². The van der Waals surface area contributed by atoms with Crippen molar-refractivity contribution in [3.63, 3.8) is 0 Å². The molecule has 1 aromatic rings. The van der Waals surface area contributed by atoms with Crippen molar-refractivity contribution in [2.75, 3.05) is 18.0 Å². The van der Waals surface area contributed by atoms with Gasteiger partial charge in [-0.1, -0.05) is 26.3 Å². The summed E-state index contributed by atoms with van der Waals surface area (Å²) in [4.78, 5) is 6.99. The van der Waals surface area contributed by atoms with Crippen LogP contribution in [0.5, 0.6) is 0 Å². The Hall–Kier alpha value is -1.09. The Balaban J connectivity index is 2.97. The number of pyridine rings is 1. The highest BCUT2D eigenvalue weighted by Gasteiger charge is 2.13. The first kappa shape index (κ1) is 14.0. The molecule has 1 unspecified atom stereocenters. The molecule has 0 aromatic carbocycles. The summed E-state index contributed by atoms with van der Waals surface area (Å²) in [7, 11) is 0. The molecule has 0 radical (unpaired) electrons. The molecule has 0 aliphatic heterocycles. The fraction of sp³-hybridized carbons (Fsp3) is 0.643. The van der Waals surface area contributed by atoms with Crippen molar-refractivity contribution in [2.24, 2.45) is 11.7 Å². The highest BCUT2D eigenvalue weighted by Crippen LogP contribution is 2.20. The predicted molar refractivity (Wildman–Crippen MR) is 74.2 cm³/mol. The van der Waals surface area contributed by atoms with E-state index < -0.39 is 0 Å². The molecular formula is C14H25N3. The second-order valence-electron chi connectivity index (χ2n) is 4.69. The van der Waals surface area contributed by atoms with Gasteiger partial charge in [0.05, 0.1) is 0 Å². The van der Waals surface area contributed by atoms with Crippen LogP contribution in [0.3, 0.4) is 0 Å². The van der Waals surface area contributed by atoms with Crippen LogP contribution < -0.4 is 10.6 Å². The molecule has 3 heteroatoms. The molecule has 1 rings (SSSR count). The lowest BCUT2D eigenvalue weighted by molar-refractivity contribution is 0.544. The number of anilines is 1. The van der Waals surface area contributed by atoms with Gasteiger partial charge in [-0.15, -0.1) is 0 Å². The predicted octanol–water partition coefficient (Wildman–Crippen LogP) is 2.72. The number of rotatable bonds is 6. The number of hydrogen-bond acceptors (Lipinski definition) is 3. The molecule has 0 aliphatic rings. The standard InChI is InChI=1S/C14H25N3/c1-5-11(3)10-17(6-2)14-13(9-15)8-7-12(4)16-14/h7-8,11H,5-6,9-10,15H2,1-4H3. The maximum atomic E-state index is 5.79. The Morgan fingerprint density at radius 1 is 1.35 bits per heavy atom. The van der Waals surface area contributed by atoms with Crippen LogP contribution in [0.2, 0.25) is 0 Å².